The molecule has 1 aromatic carbocycles. The van der Waals surface area contributed by atoms with E-state index < -0.39 is 6.29 Å². The fourth-order valence-electron chi connectivity index (χ4n) is 2.31. The van der Waals surface area contributed by atoms with Crippen LogP contribution in [-0.2, 0) is 13.0 Å². The van der Waals surface area contributed by atoms with Gasteiger partial charge < -0.3 is 14.9 Å². The van der Waals surface area contributed by atoms with E-state index in [1.807, 2.05) is 12.1 Å². The van der Waals surface area contributed by atoms with Gasteiger partial charge in [0, 0.05) is 17.8 Å². The van der Waals surface area contributed by atoms with Crippen molar-refractivity contribution in [1.82, 2.24) is 14.8 Å². The van der Waals surface area contributed by atoms with E-state index in [1.54, 1.807) is 18.3 Å². The van der Waals surface area contributed by atoms with Gasteiger partial charge >= 0.3 is 0 Å². The van der Waals surface area contributed by atoms with Gasteiger partial charge in [-0.05, 0) is 29.7 Å². The monoisotopic (exact) mass is 325 g/mol. The maximum Gasteiger partial charge on any atom is 0.218 e. The minimum Gasteiger partial charge on any atom is -0.473 e. The molecule has 6 heteroatoms. The first-order chi connectivity index (χ1) is 11.7. The molecule has 0 atom stereocenters. The molecule has 0 spiro atoms. The summed E-state index contributed by atoms with van der Waals surface area (Å²) >= 11 is 0. The van der Waals surface area contributed by atoms with Gasteiger partial charge in [-0.15, -0.1) is 0 Å². The summed E-state index contributed by atoms with van der Waals surface area (Å²) in [5, 5.41) is 22.7. The van der Waals surface area contributed by atoms with E-state index in [0.29, 0.717) is 23.9 Å². The molecule has 0 aliphatic heterocycles. The molecular formula is C18H19N3O3. The number of pyridine rings is 1. The van der Waals surface area contributed by atoms with Crippen LogP contribution in [0.3, 0.4) is 0 Å². The van der Waals surface area contributed by atoms with Crippen molar-refractivity contribution < 1.29 is 14.9 Å². The smallest absolute Gasteiger partial charge is 0.218 e. The second kappa shape index (κ2) is 7.25. The quantitative estimate of drug-likeness (QED) is 0.680. The van der Waals surface area contributed by atoms with Gasteiger partial charge in [-0.25, -0.2) is 4.98 Å². The Morgan fingerprint density at radius 3 is 2.50 bits per heavy atom. The van der Waals surface area contributed by atoms with Crippen LogP contribution in [0.1, 0.15) is 29.9 Å². The van der Waals surface area contributed by atoms with Gasteiger partial charge in [-0.1, -0.05) is 31.2 Å². The Bertz CT molecular complexity index is 797. The average molecular weight is 325 g/mol. The standard InChI is InChI=1S/C18H19N3O3/c1-2-13-3-5-14(6-4-13)12-24-17-8-10-20-21(17)16-11-15(18(22)23)7-9-19-16/h3-11,18,22-23H,2,12H2,1H3. The largest absolute Gasteiger partial charge is 0.473 e. The third-order valence-electron chi connectivity index (χ3n) is 3.71. The molecule has 0 aliphatic carbocycles. The normalized spacial score (nSPS) is 11.0. The van der Waals surface area contributed by atoms with Gasteiger partial charge in [-0.3, -0.25) is 0 Å². The van der Waals surface area contributed by atoms with Gasteiger partial charge in [0.05, 0.1) is 6.20 Å². The summed E-state index contributed by atoms with van der Waals surface area (Å²) in [6.45, 7) is 2.53. The van der Waals surface area contributed by atoms with Crippen molar-refractivity contribution in [2.75, 3.05) is 0 Å². The molecular weight excluding hydrogens is 306 g/mol. The number of aliphatic hydroxyl groups is 2. The number of aromatic nitrogens is 3. The Morgan fingerprint density at radius 2 is 1.79 bits per heavy atom. The lowest BCUT2D eigenvalue weighted by molar-refractivity contribution is -0.0425. The van der Waals surface area contributed by atoms with Crippen molar-refractivity contribution in [2.45, 2.75) is 26.2 Å². The molecule has 124 valence electrons. The van der Waals surface area contributed by atoms with E-state index in [1.165, 1.54) is 22.5 Å². The molecule has 2 aromatic heterocycles. The van der Waals surface area contributed by atoms with Crippen molar-refractivity contribution in [3.05, 3.63) is 71.5 Å². The van der Waals surface area contributed by atoms with E-state index in [2.05, 4.69) is 29.1 Å². The maximum absolute atomic E-state index is 9.28. The number of aryl methyl sites for hydroxylation is 1. The van der Waals surface area contributed by atoms with Gasteiger partial charge in [0.15, 0.2) is 12.1 Å². The molecule has 0 unspecified atom stereocenters. The minimum absolute atomic E-state index is 0.344. The van der Waals surface area contributed by atoms with Crippen LogP contribution in [0.2, 0.25) is 0 Å². The topological polar surface area (TPSA) is 80.4 Å². The highest BCUT2D eigenvalue weighted by Crippen LogP contribution is 2.19. The Kier molecular flexibility index (Phi) is 4.88. The van der Waals surface area contributed by atoms with Crippen molar-refractivity contribution >= 4 is 0 Å². The van der Waals surface area contributed by atoms with E-state index in [9.17, 15) is 10.2 Å². The summed E-state index contributed by atoms with van der Waals surface area (Å²) in [6.07, 6.45) is 2.56. The van der Waals surface area contributed by atoms with E-state index >= 15 is 0 Å². The predicted octanol–water partition coefficient (Wildman–Crippen LogP) is 2.39. The van der Waals surface area contributed by atoms with Crippen LogP contribution in [-0.4, -0.2) is 25.0 Å². The Morgan fingerprint density at radius 1 is 1.04 bits per heavy atom. The molecule has 3 rings (SSSR count). The Labute approximate surface area is 140 Å². The summed E-state index contributed by atoms with van der Waals surface area (Å²) in [4.78, 5) is 4.20. The highest BCUT2D eigenvalue weighted by Gasteiger charge is 2.10. The summed E-state index contributed by atoms with van der Waals surface area (Å²) in [6, 6.07) is 13.1. The lowest BCUT2D eigenvalue weighted by atomic mass is 10.1. The maximum atomic E-state index is 9.28. The van der Waals surface area contributed by atoms with Crippen LogP contribution in [0.25, 0.3) is 5.82 Å². The Hall–Kier alpha value is -2.70. The van der Waals surface area contributed by atoms with Gasteiger partial charge in [0.25, 0.3) is 0 Å². The number of hydrogen-bond donors (Lipinski definition) is 2. The first-order valence-corrected chi connectivity index (χ1v) is 7.74. The third kappa shape index (κ3) is 3.61. The minimum atomic E-state index is -1.55. The van der Waals surface area contributed by atoms with Gasteiger partial charge in [0.1, 0.15) is 6.61 Å². The fraction of sp³-hybridized carbons (Fsp3) is 0.222. The number of ether oxygens (including phenoxy) is 1. The van der Waals surface area contributed by atoms with Gasteiger partial charge in [-0.2, -0.15) is 9.78 Å². The summed E-state index contributed by atoms with van der Waals surface area (Å²) < 4.78 is 7.35. The molecule has 3 aromatic rings. The molecule has 0 amide bonds. The zero-order chi connectivity index (χ0) is 16.9. The molecule has 2 N–H and O–H groups in total. The predicted molar refractivity (Wildman–Crippen MR) is 88.7 cm³/mol. The lowest BCUT2D eigenvalue weighted by Gasteiger charge is -2.10. The van der Waals surface area contributed by atoms with Crippen LogP contribution >= 0.6 is 0 Å². The number of aliphatic hydroxyl groups excluding tert-OH is 1. The fourth-order valence-corrected chi connectivity index (χ4v) is 2.31. The van der Waals surface area contributed by atoms with Crippen LogP contribution in [0.15, 0.2) is 54.9 Å². The first-order valence-electron chi connectivity index (χ1n) is 7.74. The molecule has 0 fully saturated rings. The highest BCUT2D eigenvalue weighted by molar-refractivity contribution is 5.31. The average Bonchev–Trinajstić information content (AvgIpc) is 3.09. The molecule has 2 heterocycles. The number of nitrogens with zero attached hydrogens (tertiary/aromatic N) is 3. The van der Waals surface area contributed by atoms with E-state index in [4.69, 9.17) is 4.74 Å². The molecule has 6 nitrogen and oxygen atoms in total. The van der Waals surface area contributed by atoms with Crippen molar-refractivity contribution in [1.29, 1.82) is 0 Å². The lowest BCUT2D eigenvalue weighted by Crippen LogP contribution is -2.06. The molecule has 0 bridgehead atoms. The van der Waals surface area contributed by atoms with Crippen LogP contribution in [0.4, 0.5) is 0 Å². The highest BCUT2D eigenvalue weighted by atomic mass is 16.5. The number of hydrogen-bond acceptors (Lipinski definition) is 5. The van der Waals surface area contributed by atoms with E-state index in [0.717, 1.165) is 12.0 Å². The van der Waals surface area contributed by atoms with Crippen LogP contribution in [0.5, 0.6) is 5.88 Å². The third-order valence-corrected chi connectivity index (χ3v) is 3.71. The second-order valence-electron chi connectivity index (χ2n) is 5.36. The molecule has 24 heavy (non-hydrogen) atoms. The van der Waals surface area contributed by atoms with Crippen LogP contribution in [0, 0.1) is 0 Å². The van der Waals surface area contributed by atoms with Crippen molar-refractivity contribution in [2.24, 2.45) is 0 Å². The summed E-state index contributed by atoms with van der Waals surface area (Å²) in [5.74, 6) is 0.994. The molecule has 0 aliphatic rings. The zero-order valence-corrected chi connectivity index (χ0v) is 13.3. The van der Waals surface area contributed by atoms with Crippen molar-refractivity contribution in [3.63, 3.8) is 0 Å². The first kappa shape index (κ1) is 16.2. The summed E-state index contributed by atoms with van der Waals surface area (Å²) in [5.41, 5.74) is 2.69. The molecule has 0 saturated carbocycles. The zero-order valence-electron chi connectivity index (χ0n) is 13.3. The SMILES string of the molecule is CCc1ccc(COc2ccnn2-c2cc(C(O)O)ccn2)cc1. The number of benzene rings is 1. The van der Waals surface area contributed by atoms with E-state index in [-0.39, 0.29) is 0 Å². The van der Waals surface area contributed by atoms with Gasteiger partial charge in [0.2, 0.25) is 5.88 Å². The number of rotatable bonds is 6. The Balaban J connectivity index is 1.76. The van der Waals surface area contributed by atoms with Crippen LogP contribution < -0.4 is 4.74 Å². The molecule has 0 saturated heterocycles. The molecule has 0 radical (unpaired) electrons. The summed E-state index contributed by atoms with van der Waals surface area (Å²) in [7, 11) is 0. The van der Waals surface area contributed by atoms with Crippen molar-refractivity contribution in [3.8, 4) is 11.7 Å². The second-order valence-corrected chi connectivity index (χ2v) is 5.36.